The Balaban J connectivity index is 0. The molecule has 0 aliphatic rings. The number of rotatable bonds is 1. The van der Waals surface area contributed by atoms with Crippen LogP contribution in [0.1, 0.15) is 55.4 Å². The van der Waals surface area contributed by atoms with E-state index in [1.165, 1.54) is 0 Å². The van der Waals surface area contributed by atoms with Crippen LogP contribution in [-0.4, -0.2) is 0 Å². The van der Waals surface area contributed by atoms with Gasteiger partial charge in [-0.05, 0) is 10.8 Å². The summed E-state index contributed by atoms with van der Waals surface area (Å²) >= 11 is 0. The summed E-state index contributed by atoms with van der Waals surface area (Å²) in [4.78, 5) is 0. The Bertz CT molecular complexity index is 147. The van der Waals surface area contributed by atoms with E-state index in [9.17, 15) is 0 Å². The van der Waals surface area contributed by atoms with E-state index in [1.54, 1.807) is 0 Å². The molecule has 0 unspecified atom stereocenters. The lowest BCUT2D eigenvalue weighted by atomic mass is 9.94. The highest BCUT2D eigenvalue weighted by atomic mass is 14.1. The lowest BCUT2D eigenvalue weighted by Crippen LogP contribution is -1.99. The molecule has 0 aromatic carbocycles. The van der Waals surface area contributed by atoms with Crippen LogP contribution in [0.3, 0.4) is 0 Å². The van der Waals surface area contributed by atoms with Crippen LogP contribution in [-0.2, 0) is 0 Å². The zero-order chi connectivity index (χ0) is 11.8. The third-order valence-corrected chi connectivity index (χ3v) is 1.30. The first-order valence-corrected chi connectivity index (χ1v) is 5.58. The highest BCUT2D eigenvalue weighted by Crippen LogP contribution is 2.16. The molecule has 0 heteroatoms. The van der Waals surface area contributed by atoms with Crippen molar-refractivity contribution in [3.63, 3.8) is 0 Å². The van der Waals surface area contributed by atoms with Crippen LogP contribution >= 0.6 is 0 Å². The summed E-state index contributed by atoms with van der Waals surface area (Å²) in [6.45, 7) is 17.2. The van der Waals surface area contributed by atoms with Crippen molar-refractivity contribution in [1.82, 2.24) is 0 Å². The minimum absolute atomic E-state index is 0.294. The maximum Gasteiger partial charge on any atom is -0.0200 e. The summed E-state index contributed by atoms with van der Waals surface area (Å²) in [5.74, 6) is 0. The smallest absolute Gasteiger partial charge is 0.0200 e. The first-order chi connectivity index (χ1) is 6.21. The molecule has 0 amide bonds. The molecule has 0 rings (SSSR count). The lowest BCUT2D eigenvalue weighted by Gasteiger charge is -2.12. The average molecular weight is 196 g/mol. The van der Waals surface area contributed by atoms with Crippen LogP contribution in [0.4, 0.5) is 0 Å². The lowest BCUT2D eigenvalue weighted by molar-refractivity contribution is 0.539. The first-order valence-electron chi connectivity index (χ1n) is 5.58. The van der Waals surface area contributed by atoms with Gasteiger partial charge in [0.25, 0.3) is 0 Å². The fourth-order valence-corrected chi connectivity index (χ4v) is 0.688. The topological polar surface area (TPSA) is 0 Å². The van der Waals surface area contributed by atoms with Crippen LogP contribution in [0.15, 0.2) is 24.3 Å². The third-order valence-electron chi connectivity index (χ3n) is 1.30. The van der Waals surface area contributed by atoms with Crippen molar-refractivity contribution >= 4 is 0 Å². The van der Waals surface area contributed by atoms with E-state index in [4.69, 9.17) is 0 Å². The van der Waals surface area contributed by atoms with Crippen molar-refractivity contribution in [2.75, 3.05) is 0 Å². The van der Waals surface area contributed by atoms with Crippen LogP contribution in [0, 0.1) is 10.8 Å². The Hall–Kier alpha value is -0.520. The quantitative estimate of drug-likeness (QED) is 0.505. The molecule has 0 fully saturated rings. The molecule has 0 aromatic heterocycles. The first kappa shape index (κ1) is 15.9. The molecule has 14 heavy (non-hydrogen) atoms. The molecule has 0 aliphatic carbocycles. The van der Waals surface area contributed by atoms with Gasteiger partial charge in [-0.1, -0.05) is 79.7 Å². The van der Waals surface area contributed by atoms with Gasteiger partial charge in [0, 0.05) is 0 Å². The Morgan fingerprint density at radius 2 is 0.786 bits per heavy atom. The molecular weight excluding hydrogens is 168 g/mol. The second kappa shape index (κ2) is 6.86. The van der Waals surface area contributed by atoms with E-state index in [2.05, 4.69) is 65.8 Å². The van der Waals surface area contributed by atoms with E-state index in [-0.39, 0.29) is 0 Å². The van der Waals surface area contributed by atoms with Gasteiger partial charge in [-0.3, -0.25) is 0 Å². The van der Waals surface area contributed by atoms with Gasteiger partial charge >= 0.3 is 0 Å². The Morgan fingerprint density at radius 1 is 0.571 bits per heavy atom. The standard InChI is InChI=1S/C12H22.C2H6/c1-11(2,3)9-7-8-10-12(4,5)6;1-2/h7-10H,1-6H3;1-2H3/b9-7-,10-8-;. The molecule has 0 aliphatic heterocycles. The monoisotopic (exact) mass is 196 g/mol. The Labute approximate surface area is 91.1 Å². The summed E-state index contributed by atoms with van der Waals surface area (Å²) in [7, 11) is 0. The van der Waals surface area contributed by atoms with E-state index in [1.807, 2.05) is 13.8 Å². The van der Waals surface area contributed by atoms with Crippen LogP contribution in [0.25, 0.3) is 0 Å². The normalized spacial score (nSPS) is 13.1. The van der Waals surface area contributed by atoms with Crippen molar-refractivity contribution in [2.24, 2.45) is 10.8 Å². The van der Waals surface area contributed by atoms with Gasteiger partial charge in [0.05, 0.1) is 0 Å². The van der Waals surface area contributed by atoms with Crippen molar-refractivity contribution < 1.29 is 0 Å². The molecule has 0 saturated heterocycles. The SMILES string of the molecule is CC.CC(C)(C)/C=C\C=C/C(C)(C)C. The summed E-state index contributed by atoms with van der Waals surface area (Å²) in [5.41, 5.74) is 0.588. The second-order valence-electron chi connectivity index (χ2n) is 5.45. The van der Waals surface area contributed by atoms with Crippen molar-refractivity contribution in [3.8, 4) is 0 Å². The van der Waals surface area contributed by atoms with E-state index >= 15 is 0 Å². The van der Waals surface area contributed by atoms with Crippen LogP contribution < -0.4 is 0 Å². The van der Waals surface area contributed by atoms with Gasteiger partial charge in [-0.2, -0.15) is 0 Å². The summed E-state index contributed by atoms with van der Waals surface area (Å²) < 4.78 is 0. The summed E-state index contributed by atoms with van der Waals surface area (Å²) in [5, 5.41) is 0. The molecule has 0 heterocycles. The van der Waals surface area contributed by atoms with Crippen molar-refractivity contribution in [1.29, 1.82) is 0 Å². The zero-order valence-electron chi connectivity index (χ0n) is 11.3. The molecule has 0 aromatic rings. The highest BCUT2D eigenvalue weighted by molar-refractivity contribution is 5.08. The molecule has 0 atom stereocenters. The number of hydrogen-bond donors (Lipinski definition) is 0. The maximum atomic E-state index is 2.22. The van der Waals surface area contributed by atoms with E-state index in [0.717, 1.165) is 0 Å². The minimum Gasteiger partial charge on any atom is -0.0791 e. The van der Waals surface area contributed by atoms with Gasteiger partial charge in [0.15, 0.2) is 0 Å². The second-order valence-corrected chi connectivity index (χ2v) is 5.45. The van der Waals surface area contributed by atoms with Gasteiger partial charge in [-0.15, -0.1) is 0 Å². The molecular formula is C14H28. The fourth-order valence-electron chi connectivity index (χ4n) is 0.688. The summed E-state index contributed by atoms with van der Waals surface area (Å²) in [6.07, 6.45) is 8.70. The van der Waals surface area contributed by atoms with Crippen LogP contribution in [0.5, 0.6) is 0 Å². The number of hydrogen-bond acceptors (Lipinski definition) is 0. The zero-order valence-corrected chi connectivity index (χ0v) is 11.3. The predicted molar refractivity (Wildman–Crippen MR) is 68.5 cm³/mol. The van der Waals surface area contributed by atoms with E-state index in [0.29, 0.717) is 10.8 Å². The average Bonchev–Trinajstić information content (AvgIpc) is 1.99. The largest absolute Gasteiger partial charge is 0.0791 e. The molecule has 84 valence electrons. The number of allylic oxidation sites excluding steroid dienone is 4. The minimum atomic E-state index is 0.294. The third kappa shape index (κ3) is 17.5. The molecule has 0 bridgehead atoms. The van der Waals surface area contributed by atoms with Gasteiger partial charge in [-0.25, -0.2) is 0 Å². The highest BCUT2D eigenvalue weighted by Gasteiger charge is 2.03. The van der Waals surface area contributed by atoms with Gasteiger partial charge < -0.3 is 0 Å². The van der Waals surface area contributed by atoms with E-state index < -0.39 is 0 Å². The molecule has 0 saturated carbocycles. The molecule has 0 N–H and O–H groups in total. The van der Waals surface area contributed by atoms with Gasteiger partial charge in [0.2, 0.25) is 0 Å². The Morgan fingerprint density at radius 3 is 0.929 bits per heavy atom. The predicted octanol–water partition coefficient (Wildman–Crippen LogP) is 5.22. The Kier molecular flexibility index (Phi) is 7.81. The summed E-state index contributed by atoms with van der Waals surface area (Å²) in [6, 6.07) is 0. The van der Waals surface area contributed by atoms with Crippen LogP contribution in [0.2, 0.25) is 0 Å². The fraction of sp³-hybridized carbons (Fsp3) is 0.714. The maximum absolute atomic E-state index is 2.22. The van der Waals surface area contributed by atoms with Crippen molar-refractivity contribution in [3.05, 3.63) is 24.3 Å². The van der Waals surface area contributed by atoms with Crippen molar-refractivity contribution in [2.45, 2.75) is 55.4 Å². The molecule has 0 spiro atoms. The van der Waals surface area contributed by atoms with Gasteiger partial charge in [0.1, 0.15) is 0 Å². The molecule has 0 radical (unpaired) electrons. The molecule has 0 nitrogen and oxygen atoms in total.